The van der Waals surface area contributed by atoms with Crippen molar-refractivity contribution < 1.29 is 27.9 Å². The first kappa shape index (κ1) is 17.7. The molecule has 112 valence electrons. The minimum absolute atomic E-state index is 0.00671. The zero-order chi connectivity index (χ0) is 15.3. The number of hydrogen-bond donors (Lipinski definition) is 2. The molecular formula is C12H20F3NO3. The van der Waals surface area contributed by atoms with Gasteiger partial charge in [-0.25, -0.2) is 0 Å². The van der Waals surface area contributed by atoms with Crippen LogP contribution in [0, 0.1) is 11.3 Å². The molecule has 0 fully saturated rings. The molecule has 0 aromatic rings. The smallest absolute Gasteiger partial charge is 0.471 e. The van der Waals surface area contributed by atoms with E-state index in [0.717, 1.165) is 0 Å². The molecule has 0 spiro atoms. The van der Waals surface area contributed by atoms with E-state index in [1.165, 1.54) is 0 Å². The Labute approximate surface area is 110 Å². The highest BCUT2D eigenvalue weighted by Crippen LogP contribution is 2.25. The summed E-state index contributed by atoms with van der Waals surface area (Å²) in [5.74, 6) is -3.83. The molecule has 0 saturated carbocycles. The van der Waals surface area contributed by atoms with E-state index in [0.29, 0.717) is 12.8 Å². The van der Waals surface area contributed by atoms with Gasteiger partial charge in [-0.05, 0) is 24.7 Å². The molecule has 0 heterocycles. The molecule has 4 nitrogen and oxygen atoms in total. The largest absolute Gasteiger partial charge is 0.481 e. The second-order valence-corrected chi connectivity index (χ2v) is 5.68. The van der Waals surface area contributed by atoms with E-state index in [1.54, 1.807) is 5.32 Å². The van der Waals surface area contributed by atoms with E-state index in [2.05, 4.69) is 0 Å². The third-order valence-corrected chi connectivity index (χ3v) is 2.63. The quantitative estimate of drug-likeness (QED) is 0.787. The Kier molecular flexibility index (Phi) is 6.32. The summed E-state index contributed by atoms with van der Waals surface area (Å²) in [6.45, 7) is 5.57. The van der Waals surface area contributed by atoms with Gasteiger partial charge in [0.15, 0.2) is 0 Å². The van der Waals surface area contributed by atoms with Crippen molar-refractivity contribution in [1.29, 1.82) is 0 Å². The van der Waals surface area contributed by atoms with Gasteiger partial charge in [0, 0.05) is 6.54 Å². The third kappa shape index (κ3) is 8.45. The van der Waals surface area contributed by atoms with Gasteiger partial charge in [0.05, 0.1) is 5.92 Å². The average Bonchev–Trinajstić information content (AvgIpc) is 2.19. The van der Waals surface area contributed by atoms with Gasteiger partial charge in [0.25, 0.3) is 0 Å². The Morgan fingerprint density at radius 1 is 1.16 bits per heavy atom. The summed E-state index contributed by atoms with van der Waals surface area (Å²) in [4.78, 5) is 21.5. The molecule has 0 aliphatic rings. The number of alkyl halides is 3. The Bertz CT molecular complexity index is 321. The monoisotopic (exact) mass is 283 g/mol. The molecule has 0 aliphatic heterocycles. The van der Waals surface area contributed by atoms with Crippen LogP contribution in [-0.4, -0.2) is 29.7 Å². The summed E-state index contributed by atoms with van der Waals surface area (Å²) in [6, 6.07) is 0. The zero-order valence-electron chi connectivity index (χ0n) is 11.3. The first-order valence-corrected chi connectivity index (χ1v) is 6.01. The van der Waals surface area contributed by atoms with Crippen LogP contribution in [0.4, 0.5) is 13.2 Å². The van der Waals surface area contributed by atoms with Gasteiger partial charge in [0.1, 0.15) is 0 Å². The third-order valence-electron chi connectivity index (χ3n) is 2.63. The molecule has 1 atom stereocenters. The normalized spacial score (nSPS) is 14.0. The highest BCUT2D eigenvalue weighted by molar-refractivity contribution is 5.81. The molecule has 2 N–H and O–H groups in total. The fourth-order valence-electron chi connectivity index (χ4n) is 1.46. The number of halogens is 3. The van der Waals surface area contributed by atoms with Crippen LogP contribution in [0.5, 0.6) is 0 Å². The molecule has 7 heteroatoms. The molecule has 0 aliphatic carbocycles. The molecule has 1 unspecified atom stereocenters. The van der Waals surface area contributed by atoms with Gasteiger partial charge in [-0.3, -0.25) is 9.59 Å². The predicted molar refractivity (Wildman–Crippen MR) is 63.5 cm³/mol. The lowest BCUT2D eigenvalue weighted by molar-refractivity contribution is -0.173. The molecule has 0 rings (SSSR count). The molecule has 0 saturated heterocycles. The number of carboxylic acids is 1. The van der Waals surface area contributed by atoms with Gasteiger partial charge in [-0.2, -0.15) is 13.2 Å². The summed E-state index contributed by atoms with van der Waals surface area (Å²) < 4.78 is 35.7. The van der Waals surface area contributed by atoms with Crippen LogP contribution in [0.2, 0.25) is 0 Å². The summed E-state index contributed by atoms with van der Waals surface area (Å²) in [7, 11) is 0. The Morgan fingerprint density at radius 3 is 2.05 bits per heavy atom. The van der Waals surface area contributed by atoms with E-state index in [9.17, 15) is 22.8 Å². The van der Waals surface area contributed by atoms with Crippen molar-refractivity contribution in [2.75, 3.05) is 6.54 Å². The van der Waals surface area contributed by atoms with Gasteiger partial charge in [0.2, 0.25) is 0 Å². The maximum Gasteiger partial charge on any atom is 0.471 e. The summed E-state index contributed by atoms with van der Waals surface area (Å²) >= 11 is 0. The average molecular weight is 283 g/mol. The second-order valence-electron chi connectivity index (χ2n) is 5.68. The summed E-state index contributed by atoms with van der Waals surface area (Å²) in [5, 5.41) is 10.6. The molecule has 0 bridgehead atoms. The van der Waals surface area contributed by atoms with Crippen molar-refractivity contribution in [3.8, 4) is 0 Å². The van der Waals surface area contributed by atoms with E-state index in [-0.39, 0.29) is 18.4 Å². The Hall–Kier alpha value is -1.27. The van der Waals surface area contributed by atoms with Crippen molar-refractivity contribution in [1.82, 2.24) is 5.32 Å². The molecular weight excluding hydrogens is 263 g/mol. The number of carbonyl (C=O) groups excluding carboxylic acids is 1. The SMILES string of the molecule is CC(C)(C)CCC(CCNC(=O)C(F)(F)F)C(=O)O. The number of amides is 1. The van der Waals surface area contributed by atoms with Crippen LogP contribution in [0.25, 0.3) is 0 Å². The predicted octanol–water partition coefficient (Wildman–Crippen LogP) is 2.58. The first-order valence-electron chi connectivity index (χ1n) is 6.01. The molecule has 0 aromatic heterocycles. The van der Waals surface area contributed by atoms with E-state index in [1.807, 2.05) is 20.8 Å². The fraction of sp³-hybridized carbons (Fsp3) is 0.833. The minimum Gasteiger partial charge on any atom is -0.481 e. The van der Waals surface area contributed by atoms with Crippen molar-refractivity contribution in [3.63, 3.8) is 0 Å². The number of nitrogens with one attached hydrogen (secondary N) is 1. The number of rotatable bonds is 6. The highest BCUT2D eigenvalue weighted by atomic mass is 19.4. The highest BCUT2D eigenvalue weighted by Gasteiger charge is 2.38. The topological polar surface area (TPSA) is 66.4 Å². The lowest BCUT2D eigenvalue weighted by atomic mass is 9.86. The summed E-state index contributed by atoms with van der Waals surface area (Å²) in [5.41, 5.74) is -0.0388. The second kappa shape index (κ2) is 6.77. The molecule has 19 heavy (non-hydrogen) atoms. The zero-order valence-corrected chi connectivity index (χ0v) is 11.3. The van der Waals surface area contributed by atoms with Crippen molar-refractivity contribution >= 4 is 11.9 Å². The number of carbonyl (C=O) groups is 2. The molecule has 0 radical (unpaired) electrons. The number of carboxylic acid groups (broad SMARTS) is 1. The van der Waals surface area contributed by atoms with Crippen molar-refractivity contribution in [3.05, 3.63) is 0 Å². The van der Waals surface area contributed by atoms with Gasteiger partial charge in [-0.1, -0.05) is 20.8 Å². The van der Waals surface area contributed by atoms with E-state index >= 15 is 0 Å². The van der Waals surface area contributed by atoms with Crippen LogP contribution in [0.15, 0.2) is 0 Å². The first-order chi connectivity index (χ1) is 8.43. The number of aliphatic carboxylic acids is 1. The summed E-state index contributed by atoms with van der Waals surface area (Å²) in [6.07, 6.45) is -3.91. The van der Waals surface area contributed by atoms with Gasteiger partial charge in [-0.15, -0.1) is 0 Å². The van der Waals surface area contributed by atoms with Gasteiger partial charge >= 0.3 is 18.1 Å². The van der Waals surface area contributed by atoms with Crippen molar-refractivity contribution in [2.24, 2.45) is 11.3 Å². The van der Waals surface area contributed by atoms with Crippen LogP contribution < -0.4 is 5.32 Å². The van der Waals surface area contributed by atoms with E-state index in [4.69, 9.17) is 5.11 Å². The fourth-order valence-corrected chi connectivity index (χ4v) is 1.46. The standard InChI is InChI=1S/C12H20F3NO3/c1-11(2,3)6-4-8(9(17)18)5-7-16-10(19)12(13,14)15/h8H,4-7H2,1-3H3,(H,16,19)(H,17,18). The van der Waals surface area contributed by atoms with Gasteiger partial charge < -0.3 is 10.4 Å². The van der Waals surface area contributed by atoms with Crippen LogP contribution in [0.3, 0.4) is 0 Å². The Balaban J connectivity index is 4.17. The van der Waals surface area contributed by atoms with Crippen LogP contribution in [0.1, 0.15) is 40.0 Å². The Morgan fingerprint density at radius 2 is 1.68 bits per heavy atom. The molecule has 1 amide bonds. The lowest BCUT2D eigenvalue weighted by Crippen LogP contribution is -2.38. The van der Waals surface area contributed by atoms with Crippen LogP contribution in [-0.2, 0) is 9.59 Å². The van der Waals surface area contributed by atoms with Crippen molar-refractivity contribution in [2.45, 2.75) is 46.2 Å². The maximum absolute atomic E-state index is 11.9. The van der Waals surface area contributed by atoms with E-state index < -0.39 is 24.0 Å². The number of hydrogen-bond acceptors (Lipinski definition) is 2. The maximum atomic E-state index is 11.9. The molecule has 0 aromatic carbocycles. The lowest BCUT2D eigenvalue weighted by Gasteiger charge is -2.21. The van der Waals surface area contributed by atoms with Crippen LogP contribution >= 0.6 is 0 Å². The minimum atomic E-state index is -4.93.